The normalized spacial score (nSPS) is 11.7. The molecule has 0 saturated heterocycles. The summed E-state index contributed by atoms with van der Waals surface area (Å²) in [6.45, 7) is 0. The maximum absolute atomic E-state index is 13.3. The SMILES string of the molecule is O=C(c1ccccc1)c1nc2cc(Cl)c(Cl)cc2nc1C(F)(F)F. The summed E-state index contributed by atoms with van der Waals surface area (Å²) in [6, 6.07) is 10.0. The van der Waals surface area contributed by atoms with E-state index < -0.39 is 23.3 Å². The van der Waals surface area contributed by atoms with Crippen LogP contribution in [0.3, 0.4) is 0 Å². The van der Waals surface area contributed by atoms with E-state index >= 15 is 0 Å². The van der Waals surface area contributed by atoms with Crippen LogP contribution in [-0.2, 0) is 6.18 Å². The predicted octanol–water partition coefficient (Wildman–Crippen LogP) is 5.19. The van der Waals surface area contributed by atoms with Crippen molar-refractivity contribution in [3.8, 4) is 0 Å². The Balaban J connectivity index is 2.28. The van der Waals surface area contributed by atoms with E-state index in [-0.39, 0.29) is 26.6 Å². The van der Waals surface area contributed by atoms with E-state index in [1.807, 2.05) is 0 Å². The zero-order valence-electron chi connectivity index (χ0n) is 11.7. The summed E-state index contributed by atoms with van der Waals surface area (Å²) in [5, 5.41) is 0.157. The second-order valence-corrected chi connectivity index (χ2v) is 5.68. The van der Waals surface area contributed by atoms with Gasteiger partial charge in [0.1, 0.15) is 5.69 Å². The Kier molecular flexibility index (Phi) is 4.19. The highest BCUT2D eigenvalue weighted by Gasteiger charge is 2.39. The first-order chi connectivity index (χ1) is 11.3. The van der Waals surface area contributed by atoms with Gasteiger partial charge in [-0.3, -0.25) is 4.79 Å². The average Bonchev–Trinajstić information content (AvgIpc) is 2.54. The van der Waals surface area contributed by atoms with Crippen LogP contribution in [0.1, 0.15) is 21.7 Å². The molecule has 24 heavy (non-hydrogen) atoms. The van der Waals surface area contributed by atoms with Gasteiger partial charge in [0.2, 0.25) is 5.78 Å². The number of carbonyl (C=O) groups is 1. The van der Waals surface area contributed by atoms with Crippen LogP contribution in [0.15, 0.2) is 42.5 Å². The minimum Gasteiger partial charge on any atom is -0.287 e. The number of aromatic nitrogens is 2. The minimum absolute atomic E-state index is 0.0497. The molecule has 0 radical (unpaired) electrons. The molecular weight excluding hydrogens is 364 g/mol. The molecule has 0 saturated carbocycles. The van der Waals surface area contributed by atoms with E-state index in [0.717, 1.165) is 0 Å². The van der Waals surface area contributed by atoms with E-state index in [1.165, 1.54) is 24.3 Å². The summed E-state index contributed by atoms with van der Waals surface area (Å²) in [5.41, 5.74) is -2.10. The number of ketones is 1. The quantitative estimate of drug-likeness (QED) is 0.583. The second-order valence-electron chi connectivity index (χ2n) is 4.87. The fraction of sp³-hybridized carbons (Fsp3) is 0.0625. The largest absolute Gasteiger partial charge is 0.435 e. The Morgan fingerprint density at radius 3 is 2.00 bits per heavy atom. The number of hydrogen-bond donors (Lipinski definition) is 0. The van der Waals surface area contributed by atoms with Crippen molar-refractivity contribution in [1.29, 1.82) is 0 Å². The molecule has 2 aromatic carbocycles. The molecule has 3 aromatic rings. The number of halogens is 5. The van der Waals surface area contributed by atoms with Crippen molar-refractivity contribution >= 4 is 40.0 Å². The molecular formula is C16H7Cl2F3N2O. The third-order valence-corrected chi connectivity index (χ3v) is 3.95. The molecule has 0 aliphatic carbocycles. The van der Waals surface area contributed by atoms with Gasteiger partial charge in [-0.05, 0) is 12.1 Å². The van der Waals surface area contributed by atoms with Gasteiger partial charge in [0.25, 0.3) is 0 Å². The molecule has 1 heterocycles. The highest BCUT2D eigenvalue weighted by atomic mass is 35.5. The third-order valence-electron chi connectivity index (χ3n) is 3.23. The molecule has 8 heteroatoms. The van der Waals surface area contributed by atoms with Gasteiger partial charge in [-0.2, -0.15) is 13.2 Å². The highest BCUT2D eigenvalue weighted by molar-refractivity contribution is 6.42. The van der Waals surface area contributed by atoms with Crippen LogP contribution in [0.4, 0.5) is 13.2 Å². The molecule has 0 unspecified atom stereocenters. The Bertz CT molecular complexity index is 943. The first-order valence-corrected chi connectivity index (χ1v) is 7.36. The van der Waals surface area contributed by atoms with Crippen molar-refractivity contribution in [2.24, 2.45) is 0 Å². The fourth-order valence-corrected chi connectivity index (χ4v) is 2.45. The smallest absolute Gasteiger partial charge is 0.287 e. The molecule has 0 atom stereocenters. The number of alkyl halides is 3. The van der Waals surface area contributed by atoms with Crippen molar-refractivity contribution in [3.63, 3.8) is 0 Å². The fourth-order valence-electron chi connectivity index (χ4n) is 2.13. The average molecular weight is 371 g/mol. The molecule has 0 bridgehead atoms. The lowest BCUT2D eigenvalue weighted by molar-refractivity contribution is -0.141. The van der Waals surface area contributed by atoms with E-state index in [1.54, 1.807) is 18.2 Å². The van der Waals surface area contributed by atoms with E-state index in [2.05, 4.69) is 9.97 Å². The van der Waals surface area contributed by atoms with Crippen LogP contribution in [-0.4, -0.2) is 15.8 Å². The maximum Gasteiger partial charge on any atom is 0.435 e. The first kappa shape index (κ1) is 16.7. The number of carbonyl (C=O) groups excluding carboxylic acids is 1. The van der Waals surface area contributed by atoms with Crippen LogP contribution in [0.25, 0.3) is 11.0 Å². The molecule has 3 rings (SSSR count). The highest BCUT2D eigenvalue weighted by Crippen LogP contribution is 2.34. The van der Waals surface area contributed by atoms with Crippen molar-refractivity contribution in [2.75, 3.05) is 0 Å². The number of rotatable bonds is 2. The van der Waals surface area contributed by atoms with E-state index in [9.17, 15) is 18.0 Å². The van der Waals surface area contributed by atoms with Gasteiger partial charge in [0.15, 0.2) is 5.69 Å². The van der Waals surface area contributed by atoms with Crippen LogP contribution in [0, 0.1) is 0 Å². The summed E-state index contributed by atoms with van der Waals surface area (Å²) < 4.78 is 40.0. The number of hydrogen-bond acceptors (Lipinski definition) is 3. The number of nitrogens with zero attached hydrogens (tertiary/aromatic N) is 2. The summed E-state index contributed by atoms with van der Waals surface area (Å²) in [4.78, 5) is 19.8. The van der Waals surface area contributed by atoms with E-state index in [4.69, 9.17) is 23.2 Å². The van der Waals surface area contributed by atoms with Crippen LogP contribution in [0.2, 0.25) is 10.0 Å². The topological polar surface area (TPSA) is 42.9 Å². The van der Waals surface area contributed by atoms with Gasteiger partial charge >= 0.3 is 6.18 Å². The summed E-state index contributed by atoms with van der Waals surface area (Å²) >= 11 is 11.7. The van der Waals surface area contributed by atoms with E-state index in [0.29, 0.717) is 0 Å². The van der Waals surface area contributed by atoms with Crippen molar-refractivity contribution in [3.05, 3.63) is 69.5 Å². The van der Waals surface area contributed by atoms with Gasteiger partial charge in [-0.1, -0.05) is 53.5 Å². The second kappa shape index (κ2) is 6.03. The zero-order chi connectivity index (χ0) is 17.5. The predicted molar refractivity (Wildman–Crippen MR) is 84.4 cm³/mol. The summed E-state index contributed by atoms with van der Waals surface area (Å²) in [5.74, 6) is -0.872. The third kappa shape index (κ3) is 3.07. The van der Waals surface area contributed by atoms with Crippen LogP contribution < -0.4 is 0 Å². The number of fused-ring (bicyclic) bond motifs is 1. The van der Waals surface area contributed by atoms with Crippen molar-refractivity contribution in [1.82, 2.24) is 9.97 Å². The lowest BCUT2D eigenvalue weighted by Gasteiger charge is -2.12. The van der Waals surface area contributed by atoms with Gasteiger partial charge in [-0.15, -0.1) is 0 Å². The molecule has 0 N–H and O–H groups in total. The Morgan fingerprint density at radius 2 is 1.46 bits per heavy atom. The Hall–Kier alpha value is -2.18. The molecule has 0 aliphatic heterocycles. The minimum atomic E-state index is -4.84. The zero-order valence-corrected chi connectivity index (χ0v) is 13.2. The molecule has 122 valence electrons. The van der Waals surface area contributed by atoms with Gasteiger partial charge < -0.3 is 0 Å². The molecule has 1 aromatic heterocycles. The van der Waals surface area contributed by atoms with Crippen LogP contribution in [0.5, 0.6) is 0 Å². The lowest BCUT2D eigenvalue weighted by Crippen LogP contribution is -2.18. The first-order valence-electron chi connectivity index (χ1n) is 6.61. The number of benzene rings is 2. The Morgan fingerprint density at radius 1 is 0.917 bits per heavy atom. The maximum atomic E-state index is 13.3. The Labute approximate surface area is 144 Å². The van der Waals surface area contributed by atoms with Crippen molar-refractivity contribution < 1.29 is 18.0 Å². The van der Waals surface area contributed by atoms with Gasteiger partial charge in [0, 0.05) is 5.56 Å². The van der Waals surface area contributed by atoms with Gasteiger partial charge in [-0.25, -0.2) is 9.97 Å². The molecule has 0 amide bonds. The van der Waals surface area contributed by atoms with Crippen molar-refractivity contribution in [2.45, 2.75) is 6.18 Å². The molecule has 3 nitrogen and oxygen atoms in total. The lowest BCUT2D eigenvalue weighted by atomic mass is 10.1. The standard InChI is InChI=1S/C16H7Cl2F3N2O/c17-9-6-11-12(7-10(9)18)23-15(16(19,20)21)13(22-11)14(24)8-4-2-1-3-5-8/h1-7H. The monoisotopic (exact) mass is 370 g/mol. The molecule has 0 spiro atoms. The summed E-state index contributed by atoms with van der Waals surface area (Å²) in [7, 11) is 0. The van der Waals surface area contributed by atoms with Crippen LogP contribution >= 0.6 is 23.2 Å². The molecule has 0 fully saturated rings. The molecule has 0 aliphatic rings. The van der Waals surface area contributed by atoms with Gasteiger partial charge in [0.05, 0.1) is 21.1 Å². The summed E-state index contributed by atoms with van der Waals surface area (Å²) in [6.07, 6.45) is -4.84.